The summed E-state index contributed by atoms with van der Waals surface area (Å²) in [7, 11) is -0.704. The van der Waals surface area contributed by atoms with Crippen molar-refractivity contribution in [3.63, 3.8) is 0 Å². The van der Waals surface area contributed by atoms with Gasteiger partial charge in [0.2, 0.25) is 0 Å². The van der Waals surface area contributed by atoms with Gasteiger partial charge in [0.25, 0.3) is 0 Å². The molecule has 5 nitrogen and oxygen atoms in total. The molecule has 1 aromatic rings. The van der Waals surface area contributed by atoms with Gasteiger partial charge in [-0.05, 0) is 51.2 Å². The lowest BCUT2D eigenvalue weighted by molar-refractivity contribution is 0.0657. The summed E-state index contributed by atoms with van der Waals surface area (Å²) >= 11 is 0. The molecule has 0 heterocycles. The van der Waals surface area contributed by atoms with Crippen LogP contribution in [-0.2, 0) is 28.7 Å². The Hall–Kier alpha value is -0.670. The Labute approximate surface area is 196 Å². The monoisotopic (exact) mass is 535 g/mol. The van der Waals surface area contributed by atoms with Crippen LogP contribution in [0.2, 0.25) is 0 Å². The summed E-state index contributed by atoms with van der Waals surface area (Å²) in [4.78, 5) is 4.76. The lowest BCUT2D eigenvalue weighted by atomic mass is 9.95. The summed E-state index contributed by atoms with van der Waals surface area (Å²) in [6, 6.07) is 8.81. The molecule has 2 N–H and O–H groups in total. The molecule has 0 amide bonds. The lowest BCUT2D eigenvalue weighted by Gasteiger charge is -2.30. The molecule has 0 bridgehead atoms. The van der Waals surface area contributed by atoms with Crippen LogP contribution in [0.15, 0.2) is 29.3 Å². The number of benzene rings is 1. The summed E-state index contributed by atoms with van der Waals surface area (Å²) in [5, 5.41) is 7.23. The fraction of sp³-hybridized carbons (Fsp3) is 0.682. The highest BCUT2D eigenvalue weighted by atomic mass is 127. The minimum atomic E-state index is -0.704. The second kappa shape index (κ2) is 14.4. The van der Waals surface area contributed by atoms with Crippen LogP contribution in [0.4, 0.5) is 0 Å². The van der Waals surface area contributed by atoms with Gasteiger partial charge in [-0.3, -0.25) is 4.21 Å². The fourth-order valence-electron chi connectivity index (χ4n) is 3.44. The molecule has 29 heavy (non-hydrogen) atoms. The molecular formula is C22H38IN3O2S. The number of guanidine groups is 1. The third kappa shape index (κ3) is 9.79. The van der Waals surface area contributed by atoms with Gasteiger partial charge in [-0.15, -0.1) is 24.0 Å². The van der Waals surface area contributed by atoms with Gasteiger partial charge in [0.15, 0.2) is 5.96 Å². The highest BCUT2D eigenvalue weighted by molar-refractivity contribution is 14.0. The third-order valence-electron chi connectivity index (χ3n) is 4.99. The van der Waals surface area contributed by atoms with Crippen LogP contribution in [-0.4, -0.2) is 39.9 Å². The van der Waals surface area contributed by atoms with Gasteiger partial charge < -0.3 is 15.4 Å². The highest BCUT2D eigenvalue weighted by Gasteiger charge is 2.26. The molecule has 1 aromatic carbocycles. The normalized spacial score (nSPS) is 20.8. The summed E-state index contributed by atoms with van der Waals surface area (Å²) in [6.45, 7) is 10.3. The van der Waals surface area contributed by atoms with E-state index in [4.69, 9.17) is 9.73 Å². The van der Waals surface area contributed by atoms with Gasteiger partial charge in [-0.1, -0.05) is 37.6 Å². The van der Waals surface area contributed by atoms with Crippen LogP contribution in [0, 0.1) is 0 Å². The number of hydrogen-bond acceptors (Lipinski definition) is 3. The molecule has 1 saturated carbocycles. The summed E-state index contributed by atoms with van der Waals surface area (Å²) in [5.41, 5.74) is 2.36. The standard InChI is InChI=1S/C22H37N3O2S.HI/c1-5-23-22(25-20-8-7-9-21(14-20)28(26)6-2)24-15-18-10-12-19(13-11-18)16-27-17(3)4;/h10-13,17,20-21H,5-9,14-16H2,1-4H3,(H2,23,24,25);1H. The topological polar surface area (TPSA) is 62.7 Å². The average molecular weight is 536 g/mol. The van der Waals surface area contributed by atoms with Gasteiger partial charge in [-0.25, -0.2) is 4.99 Å². The molecule has 1 aliphatic carbocycles. The first-order valence-corrected chi connectivity index (χ1v) is 12.0. The molecule has 1 fully saturated rings. The van der Waals surface area contributed by atoms with E-state index >= 15 is 0 Å². The summed E-state index contributed by atoms with van der Waals surface area (Å²) in [6.07, 6.45) is 4.54. The number of rotatable bonds is 9. The third-order valence-corrected chi connectivity index (χ3v) is 6.73. The highest BCUT2D eigenvalue weighted by Crippen LogP contribution is 2.23. The zero-order valence-electron chi connectivity index (χ0n) is 18.3. The van der Waals surface area contributed by atoms with Crippen LogP contribution in [0.5, 0.6) is 0 Å². The van der Waals surface area contributed by atoms with Crippen LogP contribution >= 0.6 is 24.0 Å². The molecule has 7 heteroatoms. The molecule has 3 atom stereocenters. The van der Waals surface area contributed by atoms with Crippen molar-refractivity contribution in [2.75, 3.05) is 12.3 Å². The van der Waals surface area contributed by atoms with E-state index in [-0.39, 0.29) is 30.1 Å². The van der Waals surface area contributed by atoms with E-state index < -0.39 is 10.8 Å². The number of nitrogens with zero attached hydrogens (tertiary/aromatic N) is 1. The predicted molar refractivity (Wildman–Crippen MR) is 134 cm³/mol. The fourth-order valence-corrected chi connectivity index (χ4v) is 4.79. The molecule has 0 radical (unpaired) electrons. The first kappa shape index (κ1) is 26.4. The average Bonchev–Trinajstić information content (AvgIpc) is 2.71. The molecule has 0 spiro atoms. The van der Waals surface area contributed by atoms with Crippen molar-refractivity contribution in [2.45, 2.75) is 83.9 Å². The van der Waals surface area contributed by atoms with Gasteiger partial charge >= 0.3 is 0 Å². The second-order valence-electron chi connectivity index (χ2n) is 7.67. The minimum Gasteiger partial charge on any atom is -0.374 e. The molecule has 2 rings (SSSR count). The molecule has 1 aliphatic rings. The van der Waals surface area contributed by atoms with E-state index in [2.05, 4.69) is 41.8 Å². The predicted octanol–water partition coefficient (Wildman–Crippen LogP) is 4.36. The lowest BCUT2D eigenvalue weighted by Crippen LogP contribution is -2.46. The maximum atomic E-state index is 12.2. The minimum absolute atomic E-state index is 0. The maximum Gasteiger partial charge on any atom is 0.191 e. The van der Waals surface area contributed by atoms with Crippen LogP contribution in [0.25, 0.3) is 0 Å². The van der Waals surface area contributed by atoms with Crippen molar-refractivity contribution in [3.05, 3.63) is 35.4 Å². The maximum absolute atomic E-state index is 12.2. The van der Waals surface area contributed by atoms with E-state index in [0.717, 1.165) is 43.9 Å². The van der Waals surface area contributed by atoms with E-state index in [0.29, 0.717) is 24.4 Å². The Morgan fingerprint density at radius 2 is 1.90 bits per heavy atom. The van der Waals surface area contributed by atoms with Gasteiger partial charge in [-0.2, -0.15) is 0 Å². The molecule has 166 valence electrons. The summed E-state index contributed by atoms with van der Waals surface area (Å²) < 4.78 is 17.8. The van der Waals surface area contributed by atoms with E-state index in [9.17, 15) is 4.21 Å². The van der Waals surface area contributed by atoms with Crippen LogP contribution in [0.3, 0.4) is 0 Å². The molecular weight excluding hydrogens is 497 g/mol. The Morgan fingerprint density at radius 1 is 1.21 bits per heavy atom. The van der Waals surface area contributed by atoms with Crippen molar-refractivity contribution in [1.82, 2.24) is 10.6 Å². The first-order valence-electron chi connectivity index (χ1n) is 10.6. The quantitative estimate of drug-likeness (QED) is 0.280. The molecule has 0 aliphatic heterocycles. The van der Waals surface area contributed by atoms with E-state index in [1.807, 2.05) is 20.8 Å². The SMILES string of the molecule is CCNC(=NCc1ccc(COC(C)C)cc1)NC1CCCC(S(=O)CC)C1.I. The zero-order valence-corrected chi connectivity index (χ0v) is 21.4. The van der Waals surface area contributed by atoms with Crippen LogP contribution < -0.4 is 10.6 Å². The second-order valence-corrected chi connectivity index (χ2v) is 9.68. The number of hydrogen-bond donors (Lipinski definition) is 2. The number of ether oxygens (including phenoxy) is 1. The number of halogens is 1. The Balaban J connectivity index is 0.00000420. The number of nitrogens with one attached hydrogen (secondary N) is 2. The first-order chi connectivity index (χ1) is 13.5. The van der Waals surface area contributed by atoms with Crippen LogP contribution in [0.1, 0.15) is 64.5 Å². The van der Waals surface area contributed by atoms with Crippen molar-refractivity contribution < 1.29 is 8.95 Å². The van der Waals surface area contributed by atoms with Crippen molar-refractivity contribution >= 4 is 40.7 Å². The smallest absolute Gasteiger partial charge is 0.191 e. The van der Waals surface area contributed by atoms with Gasteiger partial charge in [0, 0.05) is 34.4 Å². The Kier molecular flexibility index (Phi) is 13.1. The van der Waals surface area contributed by atoms with E-state index in [1.54, 1.807) is 0 Å². The van der Waals surface area contributed by atoms with Crippen molar-refractivity contribution in [1.29, 1.82) is 0 Å². The molecule has 3 unspecified atom stereocenters. The Morgan fingerprint density at radius 3 is 2.52 bits per heavy atom. The molecule has 0 aromatic heterocycles. The van der Waals surface area contributed by atoms with Crippen molar-refractivity contribution in [3.8, 4) is 0 Å². The van der Waals surface area contributed by atoms with Crippen molar-refractivity contribution in [2.24, 2.45) is 4.99 Å². The van der Waals surface area contributed by atoms with Gasteiger partial charge in [0.1, 0.15) is 0 Å². The zero-order chi connectivity index (χ0) is 20.4. The largest absolute Gasteiger partial charge is 0.374 e. The Bertz CT molecular complexity index is 637. The molecule has 0 saturated heterocycles. The summed E-state index contributed by atoms with van der Waals surface area (Å²) in [5.74, 6) is 1.60. The number of aliphatic imine (C=N–C) groups is 1. The van der Waals surface area contributed by atoms with Gasteiger partial charge in [0.05, 0.1) is 19.3 Å². The van der Waals surface area contributed by atoms with E-state index in [1.165, 1.54) is 11.1 Å².